The fourth-order valence-electron chi connectivity index (χ4n) is 10.7. The molecule has 4 nitrogen and oxygen atoms in total. The third kappa shape index (κ3) is 6.66. The van der Waals surface area contributed by atoms with Crippen molar-refractivity contribution in [2.75, 3.05) is 4.90 Å². The first kappa shape index (κ1) is 41.4. The Morgan fingerprint density at radius 1 is 0.471 bits per heavy atom. The van der Waals surface area contributed by atoms with Crippen LogP contribution >= 0.6 is 0 Å². The fraction of sp³-hybridized carbons (Fsp3) is 0.127. The molecule has 326 valence electrons. The summed E-state index contributed by atoms with van der Waals surface area (Å²) < 4.78 is 9.73. The Morgan fingerprint density at radius 2 is 1.04 bits per heavy atom. The van der Waals surface area contributed by atoms with Crippen molar-refractivity contribution < 1.29 is 4.74 Å². The average molecular weight is 876 g/mol. The van der Waals surface area contributed by atoms with Crippen LogP contribution in [0.25, 0.3) is 60.9 Å². The van der Waals surface area contributed by atoms with E-state index in [-0.39, 0.29) is 17.5 Å². The van der Waals surface area contributed by atoms with Crippen molar-refractivity contribution in [3.05, 3.63) is 211 Å². The Kier molecular flexibility index (Phi) is 9.44. The van der Waals surface area contributed by atoms with Crippen LogP contribution in [0.3, 0.4) is 0 Å². The number of para-hydroxylation sites is 1. The summed E-state index contributed by atoms with van der Waals surface area (Å²) in [5, 5.41) is 13.0. The van der Waals surface area contributed by atoms with E-state index in [1.807, 2.05) is 6.07 Å². The van der Waals surface area contributed by atoms with E-state index in [1.54, 1.807) is 0 Å². The molecule has 3 heterocycles. The van der Waals surface area contributed by atoms with Crippen LogP contribution in [0.4, 0.5) is 17.1 Å². The molecule has 0 unspecified atom stereocenters. The van der Waals surface area contributed by atoms with Crippen LogP contribution < -0.4 is 26.0 Å². The van der Waals surface area contributed by atoms with Crippen molar-refractivity contribution in [1.29, 1.82) is 5.26 Å². The van der Waals surface area contributed by atoms with Gasteiger partial charge in [0.25, 0.3) is 6.71 Å². The lowest BCUT2D eigenvalue weighted by molar-refractivity contribution is 0.487. The molecule has 12 rings (SSSR count). The Morgan fingerprint density at radius 3 is 1.60 bits per heavy atom. The normalized spacial score (nSPS) is 12.9. The average Bonchev–Trinajstić information content (AvgIpc) is 3.69. The van der Waals surface area contributed by atoms with Crippen LogP contribution in [0.5, 0.6) is 11.5 Å². The maximum Gasteiger partial charge on any atom is 0.256 e. The van der Waals surface area contributed by atoms with Crippen LogP contribution in [0.2, 0.25) is 0 Å². The highest BCUT2D eigenvalue weighted by atomic mass is 16.5. The molecule has 1 aromatic heterocycles. The minimum Gasteiger partial charge on any atom is -0.458 e. The maximum absolute atomic E-state index is 10.6. The number of benzene rings is 9. The van der Waals surface area contributed by atoms with Gasteiger partial charge in [0.15, 0.2) is 0 Å². The van der Waals surface area contributed by atoms with Crippen molar-refractivity contribution in [1.82, 2.24) is 4.57 Å². The number of nitriles is 1. The van der Waals surface area contributed by atoms with Crippen molar-refractivity contribution in [2.24, 2.45) is 0 Å². The van der Waals surface area contributed by atoms with E-state index in [2.05, 4.69) is 245 Å². The van der Waals surface area contributed by atoms with Crippen molar-refractivity contribution in [2.45, 2.75) is 52.4 Å². The first-order chi connectivity index (χ1) is 32.9. The molecule has 0 saturated heterocycles. The summed E-state index contributed by atoms with van der Waals surface area (Å²) in [5.74, 6) is 1.61. The highest BCUT2D eigenvalue weighted by Gasteiger charge is 2.44. The van der Waals surface area contributed by atoms with E-state index < -0.39 is 0 Å². The van der Waals surface area contributed by atoms with E-state index in [1.165, 1.54) is 21.9 Å². The molecular weight excluding hydrogens is 826 g/mol. The number of ether oxygens (including phenoxy) is 1. The van der Waals surface area contributed by atoms with Gasteiger partial charge in [-0.2, -0.15) is 5.26 Å². The zero-order chi connectivity index (χ0) is 46.5. The predicted molar refractivity (Wildman–Crippen MR) is 285 cm³/mol. The molecule has 0 fully saturated rings. The third-order valence-corrected chi connectivity index (χ3v) is 14.2. The first-order valence-electron chi connectivity index (χ1n) is 23.7. The van der Waals surface area contributed by atoms with Crippen molar-refractivity contribution >= 4 is 62.0 Å². The van der Waals surface area contributed by atoms with Crippen molar-refractivity contribution in [3.63, 3.8) is 0 Å². The molecular formula is C63H50BN3O. The molecule has 9 aromatic carbocycles. The van der Waals surface area contributed by atoms with Crippen LogP contribution in [-0.4, -0.2) is 11.3 Å². The molecule has 0 aliphatic carbocycles. The molecule has 5 heteroatoms. The first-order valence-corrected chi connectivity index (χ1v) is 23.7. The fourth-order valence-corrected chi connectivity index (χ4v) is 10.7. The Labute approximate surface area is 399 Å². The third-order valence-electron chi connectivity index (χ3n) is 14.2. The predicted octanol–water partition coefficient (Wildman–Crippen LogP) is 14.7. The van der Waals surface area contributed by atoms with Gasteiger partial charge >= 0.3 is 0 Å². The van der Waals surface area contributed by atoms with E-state index in [9.17, 15) is 5.26 Å². The van der Waals surface area contributed by atoms with Gasteiger partial charge in [-0.3, -0.25) is 0 Å². The summed E-state index contributed by atoms with van der Waals surface area (Å²) in [6.45, 7) is 13.5. The highest BCUT2D eigenvalue weighted by Crippen LogP contribution is 2.50. The van der Waals surface area contributed by atoms with Crippen LogP contribution in [0.1, 0.15) is 58.2 Å². The standard InChI is InChI=1S/C63H50BN3O/c1-62(2,3)45-27-30-54-50(35-45)51-36-46(63(4,5)6)28-31-55(51)66(54)47-37-57-60-59(38-47)68-58-32-26-44(41-17-10-7-11-18-41)34-53(58)64(60)52-33-40(39-65)25-29-56(52)67(57)61-48(42-19-12-8-13-20-42)23-16-24-49(61)43-21-14-9-15-22-43/h7-38H,1-6H3. The van der Waals surface area contributed by atoms with Gasteiger partial charge < -0.3 is 14.2 Å². The minimum atomic E-state index is -0.230. The summed E-state index contributed by atoms with van der Waals surface area (Å²) in [6, 6.07) is 72.7. The summed E-state index contributed by atoms with van der Waals surface area (Å²) in [6.07, 6.45) is 0. The van der Waals surface area contributed by atoms with E-state index in [4.69, 9.17) is 4.74 Å². The van der Waals surface area contributed by atoms with Gasteiger partial charge in [0, 0.05) is 39.3 Å². The van der Waals surface area contributed by atoms with Crippen molar-refractivity contribution in [3.8, 4) is 56.6 Å². The monoisotopic (exact) mass is 875 g/mol. The largest absolute Gasteiger partial charge is 0.458 e. The number of rotatable bonds is 5. The number of nitrogens with zero attached hydrogens (tertiary/aromatic N) is 3. The topological polar surface area (TPSA) is 41.2 Å². The summed E-state index contributed by atoms with van der Waals surface area (Å²) >= 11 is 0. The van der Waals surface area contributed by atoms with E-state index >= 15 is 0 Å². The Hall–Kier alpha value is -8.07. The lowest BCUT2D eigenvalue weighted by Gasteiger charge is -2.42. The van der Waals surface area contributed by atoms with Crippen LogP contribution in [0.15, 0.2) is 194 Å². The molecule has 0 saturated carbocycles. The van der Waals surface area contributed by atoms with Gasteiger partial charge in [-0.05, 0) is 115 Å². The smallest absolute Gasteiger partial charge is 0.256 e. The van der Waals surface area contributed by atoms with Gasteiger partial charge in [0.2, 0.25) is 0 Å². The molecule has 10 aromatic rings. The molecule has 0 radical (unpaired) electrons. The quantitative estimate of drug-likeness (QED) is 0.162. The second-order valence-corrected chi connectivity index (χ2v) is 20.5. The van der Waals surface area contributed by atoms with Gasteiger partial charge in [-0.15, -0.1) is 0 Å². The number of hydrogen-bond acceptors (Lipinski definition) is 3. The highest BCUT2D eigenvalue weighted by molar-refractivity contribution is 6.99. The summed E-state index contributed by atoms with van der Waals surface area (Å²) in [4.78, 5) is 2.47. The number of fused-ring (bicyclic) bond motifs is 7. The number of aromatic nitrogens is 1. The van der Waals surface area contributed by atoms with Crippen LogP contribution in [-0.2, 0) is 10.8 Å². The van der Waals surface area contributed by atoms with E-state index in [0.717, 1.165) is 95.1 Å². The molecule has 0 spiro atoms. The van der Waals surface area contributed by atoms with Crippen LogP contribution in [0, 0.1) is 11.3 Å². The Bertz CT molecular complexity index is 3550. The minimum absolute atomic E-state index is 0.0290. The lowest BCUT2D eigenvalue weighted by Crippen LogP contribution is -2.59. The molecule has 0 N–H and O–H groups in total. The number of anilines is 3. The van der Waals surface area contributed by atoms with Gasteiger partial charge in [0.1, 0.15) is 11.5 Å². The summed E-state index contributed by atoms with van der Waals surface area (Å²) in [7, 11) is 0. The molecule has 2 aliphatic rings. The number of hydrogen-bond donors (Lipinski definition) is 0. The zero-order valence-corrected chi connectivity index (χ0v) is 39.3. The second kappa shape index (κ2) is 15.5. The maximum atomic E-state index is 10.6. The SMILES string of the molecule is CC(C)(C)c1ccc2c(c1)c1cc(C(C)(C)C)ccc1n2-c1cc2c3c(c1)N(c1c(-c4ccccc4)cccc1-c1ccccc1)c1ccc(C#N)cc1B3c1cc(-c3ccccc3)ccc1O2. The zero-order valence-electron chi connectivity index (χ0n) is 39.3. The molecule has 2 aliphatic heterocycles. The molecule has 68 heavy (non-hydrogen) atoms. The molecule has 0 bridgehead atoms. The van der Waals surface area contributed by atoms with E-state index in [0.29, 0.717) is 5.56 Å². The van der Waals surface area contributed by atoms with Gasteiger partial charge in [-0.25, -0.2) is 0 Å². The molecule has 0 atom stereocenters. The molecule has 0 amide bonds. The summed E-state index contributed by atoms with van der Waals surface area (Å²) in [5.41, 5.74) is 19.5. The van der Waals surface area contributed by atoms with Gasteiger partial charge in [-0.1, -0.05) is 175 Å². The Balaban J connectivity index is 1.21. The lowest BCUT2D eigenvalue weighted by atomic mass is 9.34. The van der Waals surface area contributed by atoms with Gasteiger partial charge in [0.05, 0.1) is 34.0 Å². The second-order valence-electron chi connectivity index (χ2n) is 20.5.